The third-order valence-corrected chi connectivity index (χ3v) is 37.3. The summed E-state index contributed by atoms with van der Waals surface area (Å²) in [5.74, 6) is 8.74. The van der Waals surface area contributed by atoms with Crippen LogP contribution in [0.3, 0.4) is 0 Å². The zero-order valence-electron chi connectivity index (χ0n) is 80.9. The van der Waals surface area contributed by atoms with Crippen molar-refractivity contribution in [2.75, 3.05) is 288 Å². The smallest absolute Gasteiger partial charge is 0.248 e. The van der Waals surface area contributed by atoms with Crippen molar-refractivity contribution in [2.45, 2.75) is 175 Å². The molecule has 13 saturated carbocycles. The third kappa shape index (κ3) is 22.4. The van der Waals surface area contributed by atoms with Gasteiger partial charge in [-0.3, -0.25) is 9.59 Å². The van der Waals surface area contributed by atoms with E-state index in [1.165, 1.54) is 117 Å². The highest BCUT2D eigenvalue weighted by atomic mass is 16.3. The summed E-state index contributed by atoms with van der Waals surface area (Å²) in [4.78, 5) is 50.9. The molecule has 0 aromatic carbocycles. The first-order valence-corrected chi connectivity index (χ1v) is 49.5. The summed E-state index contributed by atoms with van der Waals surface area (Å²) in [5.41, 5.74) is -0.327. The molecule has 2 amide bonds. The van der Waals surface area contributed by atoms with Crippen molar-refractivity contribution < 1.29 is 81.1 Å². The standard InChI is InChI=1S/C9H16N2O2.C8H12N2O.4C8H15NO.C7H12N2O2.C7H13NO2.3C7H13NO.2C6H11NO/c1-5(12)9(13)10-8-6-3-11(2)4-7(6)8;1-10-4-6-7(5-10)8(6,11)2-3-9;1-7(10)5-8(7)3-4-9(2)6-8;1-9-3-2-8(6-9)4-7(8)5-10;1-9-3-2-8(6-9)4-7(10)5-8;1-9-5-4-8(6-9)3-2-7(8)10;1-9-2-5-6(3-9)7(5,11)8-4-10;1-8-2-5-6(3-8)7(5,10)4-9;1-8-3-6-2-7(6,4-8)5-9;1-8-2-5-6(3-8)7(5)4-9;1-8-3-2-7(5-8)4-6(7)9;1-7-3-5-2-6(5,8)4-7;1-7-2-4-5(3-7)6(4)8/h5-8,12H,3-4H2,1-2H3,(H,10,13);6-7,11H,2,4-5H2,1H3;10H,3-6H2,1-2H3;3*7,10H,2-6H2,1H3;4-6,11H,2-3H2,1H3,(H,8,10);5-6,9-10H,2-4H2,1H3;6,9H,2-5H2,1H3;5-7,9H,2-4H2,1H3;6,9H,2-5H2,1H3;5,8H,2-4H2,1H3;4-6,8H,2-3H2,1H3/t5-,6?,7?,8?;6-,7+,8?;;;;;;;6?,7-;;;5?,6-;/m0.......1..0./s1. The Morgan fingerprint density at radius 3 is 1.20 bits per heavy atom. The minimum atomic E-state index is -0.876. The van der Waals surface area contributed by atoms with Crippen molar-refractivity contribution in [3.8, 4) is 6.07 Å². The van der Waals surface area contributed by atoms with E-state index < -0.39 is 23.0 Å². The molecule has 26 fully saturated rings. The van der Waals surface area contributed by atoms with Crippen LogP contribution < -0.4 is 10.6 Å². The topological polar surface area (TPSA) is 407 Å². The number of hydrogen-bond donors (Lipinski definition) is 16. The van der Waals surface area contributed by atoms with Crippen molar-refractivity contribution in [2.24, 2.45) is 127 Å². The fraction of sp³-hybridized carbons (Fsp3) is 0.969. The van der Waals surface area contributed by atoms with E-state index in [0.717, 1.165) is 168 Å². The molecule has 26 rings (SSSR count). The maximum absolute atomic E-state index is 11.1. The van der Waals surface area contributed by atoms with E-state index in [-0.39, 0.29) is 60.0 Å². The van der Waals surface area contributed by atoms with Crippen LogP contribution in [0.5, 0.6) is 0 Å². The van der Waals surface area contributed by atoms with Gasteiger partial charge >= 0.3 is 0 Å². The lowest BCUT2D eigenvalue weighted by atomic mass is 9.66. The molecule has 26 atom stereocenters. The van der Waals surface area contributed by atoms with Crippen LogP contribution in [0.15, 0.2) is 0 Å². The second-order valence-corrected chi connectivity index (χ2v) is 48.1. The number of fused-ring (bicyclic) bond motifs is 8. The number of aliphatic hydroxyl groups is 14. The predicted molar refractivity (Wildman–Crippen MR) is 488 cm³/mol. The van der Waals surface area contributed by atoms with Crippen molar-refractivity contribution in [1.29, 1.82) is 5.26 Å². The molecular formula is C96H174N16O16. The number of β-amino-alcohol motifs (C(OH)–C–C–N with tert-alkyl or cyclic N) is 1. The van der Waals surface area contributed by atoms with Gasteiger partial charge in [0.25, 0.3) is 0 Å². The number of likely N-dealkylation sites (N-methyl/N-ethyl adjacent to an activating group) is 1. The number of carbonyl (C=O) groups is 2. The van der Waals surface area contributed by atoms with Crippen LogP contribution in [0.1, 0.15) is 110 Å². The molecule has 0 aromatic heterocycles. The number of nitriles is 1. The number of nitrogens with one attached hydrogen (secondary N) is 2. The molecule has 16 N–H and O–H groups in total. The summed E-state index contributed by atoms with van der Waals surface area (Å²) in [6.45, 7) is 33.1. The fourth-order valence-electron chi connectivity index (χ4n) is 27.6. The first-order valence-electron chi connectivity index (χ1n) is 49.5. The lowest BCUT2D eigenvalue weighted by Gasteiger charge is -2.43. The van der Waals surface area contributed by atoms with Crippen molar-refractivity contribution in [3.05, 3.63) is 0 Å². The Hall–Kier alpha value is -2.65. The molecule has 13 aliphatic heterocycles. The Balaban J connectivity index is 0.000000112. The highest BCUT2D eigenvalue weighted by molar-refractivity contribution is 5.80. The highest BCUT2D eigenvalue weighted by Crippen LogP contribution is 2.63. The van der Waals surface area contributed by atoms with Gasteiger partial charge in [0.05, 0.1) is 72.5 Å². The molecule has 13 heterocycles. The van der Waals surface area contributed by atoms with Crippen molar-refractivity contribution in [1.82, 2.24) is 74.3 Å². The van der Waals surface area contributed by atoms with E-state index in [1.54, 1.807) is 0 Å². The quantitative estimate of drug-likeness (QED) is 0.0813. The Labute approximate surface area is 765 Å². The van der Waals surface area contributed by atoms with E-state index in [9.17, 15) is 45.3 Å². The van der Waals surface area contributed by atoms with Gasteiger partial charge in [0.1, 0.15) is 11.8 Å². The van der Waals surface area contributed by atoms with Gasteiger partial charge in [-0.2, -0.15) is 5.26 Å². The number of amides is 2. The SMILES string of the molecule is CN1CC2C(C1)C2(O)CO.CN1CC2C(C1)C2(O)NC=O.CN1CC2C(CO)C2C1.CN1CC2C(O)C2C1.CN1CC2C[C@]2(CO)C1.CN1CC2C[C@]2(O)C1.CN1CCC2(C1)CC2(C)O.CN1CCC2(CC(O)C2)C1.CN1CCC2(CC2CO)C1.CN1CCC2(CC2O)C1.CN1CCC2(CCC2O)C1.CN1C[C@@H]2[C@H](C1)C2(O)CC#N.C[C@H](O)C(=O)NC1C2CN(C)CC21. The Bertz CT molecular complexity index is 3650. The van der Waals surface area contributed by atoms with Gasteiger partial charge in [-0.15, -0.1) is 0 Å². The summed E-state index contributed by atoms with van der Waals surface area (Å²) < 4.78 is 0. The number of likely N-dealkylation sites (tertiary alicyclic amines) is 13. The summed E-state index contributed by atoms with van der Waals surface area (Å²) in [6, 6.07) is 2.38. The maximum Gasteiger partial charge on any atom is 0.248 e. The average molecular weight is 1810 g/mol. The molecule has 5 spiro atoms. The van der Waals surface area contributed by atoms with E-state index >= 15 is 0 Å². The second-order valence-electron chi connectivity index (χ2n) is 48.1. The lowest BCUT2D eigenvalue weighted by molar-refractivity contribution is -0.128. The molecule has 0 bridgehead atoms. The first kappa shape index (κ1) is 101. The summed E-state index contributed by atoms with van der Waals surface area (Å²) >= 11 is 0. The van der Waals surface area contributed by atoms with Crippen LogP contribution in [0.25, 0.3) is 0 Å². The Morgan fingerprint density at radius 1 is 0.453 bits per heavy atom. The summed E-state index contributed by atoms with van der Waals surface area (Å²) in [7, 11) is 27.4. The van der Waals surface area contributed by atoms with Gasteiger partial charge in [-0.1, -0.05) is 0 Å². The molecule has 26 aliphatic rings. The van der Waals surface area contributed by atoms with Crippen molar-refractivity contribution in [3.63, 3.8) is 0 Å². The predicted octanol–water partition coefficient (Wildman–Crippen LogP) is -2.90. The Morgan fingerprint density at radius 2 is 0.898 bits per heavy atom. The third-order valence-electron chi connectivity index (χ3n) is 37.3. The largest absolute Gasteiger partial charge is 0.396 e. The maximum atomic E-state index is 11.1. The second kappa shape index (κ2) is 39.0. The van der Waals surface area contributed by atoms with Gasteiger partial charge < -0.3 is 146 Å². The zero-order valence-corrected chi connectivity index (χ0v) is 80.9. The number of piperidine rings is 8. The molecule has 128 heavy (non-hydrogen) atoms. The van der Waals surface area contributed by atoms with Crippen LogP contribution >= 0.6 is 0 Å². The zero-order chi connectivity index (χ0) is 92.9. The molecular weight excluding hydrogens is 1630 g/mol. The molecule has 734 valence electrons. The fourth-order valence-corrected chi connectivity index (χ4v) is 27.6. The Kier molecular flexibility index (Phi) is 30.8. The van der Waals surface area contributed by atoms with Crippen LogP contribution in [0.4, 0.5) is 0 Å². The normalized spacial score (nSPS) is 49.2. The molecule has 0 aromatic rings. The minimum absolute atomic E-state index is 0.0115. The van der Waals surface area contributed by atoms with Crippen LogP contribution in [-0.4, -0.2) is 500 Å². The van der Waals surface area contributed by atoms with Crippen LogP contribution in [-0.2, 0) is 9.59 Å². The van der Waals surface area contributed by atoms with Crippen LogP contribution in [0.2, 0.25) is 0 Å². The van der Waals surface area contributed by atoms with Gasteiger partial charge in [-0.25, -0.2) is 0 Å². The molecule has 21 unspecified atom stereocenters. The highest BCUT2D eigenvalue weighted by Gasteiger charge is 2.71. The average Bonchev–Trinajstić information content (AvgIpc) is 1.55. The number of aliphatic hydroxyl groups excluding tert-OH is 9. The molecule has 32 heteroatoms. The molecule has 13 saturated heterocycles. The van der Waals surface area contributed by atoms with E-state index in [4.69, 9.17) is 41.0 Å². The molecule has 0 radical (unpaired) electrons. The number of hydrogen-bond acceptors (Lipinski definition) is 30. The number of rotatable bonds is 9. The van der Waals surface area contributed by atoms with E-state index in [0.29, 0.717) is 136 Å². The van der Waals surface area contributed by atoms with E-state index in [2.05, 4.69) is 152 Å². The molecule has 32 nitrogen and oxygen atoms in total. The first-order chi connectivity index (χ1) is 60.2. The number of carbonyl (C=O) groups excluding carboxylic acids is 2. The van der Waals surface area contributed by atoms with Gasteiger partial charge in [0, 0.05) is 232 Å². The minimum Gasteiger partial charge on any atom is -0.396 e. The summed E-state index contributed by atoms with van der Waals surface area (Å²) in [5, 5.41) is 143. The van der Waals surface area contributed by atoms with Crippen LogP contribution in [0, 0.1) is 139 Å². The number of nitrogens with zero attached hydrogens (tertiary/aromatic N) is 14. The van der Waals surface area contributed by atoms with Gasteiger partial charge in [0.15, 0.2) is 0 Å². The summed E-state index contributed by atoms with van der Waals surface area (Å²) in [6.07, 6.45) is 16.4. The monoisotopic (exact) mass is 1810 g/mol. The molecule has 13 aliphatic carbocycles. The van der Waals surface area contributed by atoms with Gasteiger partial charge in [0.2, 0.25) is 12.3 Å². The lowest BCUT2D eigenvalue weighted by Crippen LogP contribution is -2.46. The van der Waals surface area contributed by atoms with Gasteiger partial charge in [-0.05, 0) is 280 Å². The van der Waals surface area contributed by atoms with E-state index in [1.807, 2.05) is 27.1 Å². The van der Waals surface area contributed by atoms with Crippen molar-refractivity contribution >= 4 is 12.3 Å².